The first-order valence-corrected chi connectivity index (χ1v) is 12.4. The maximum atomic E-state index is 12.8. The number of nitrogens with one attached hydrogen (secondary N) is 1. The lowest BCUT2D eigenvalue weighted by Crippen LogP contribution is -2.46. The predicted octanol–water partition coefficient (Wildman–Crippen LogP) is 4.09. The van der Waals surface area contributed by atoms with Crippen LogP contribution in [0.2, 0.25) is 0 Å². The Bertz CT molecular complexity index is 1240. The van der Waals surface area contributed by atoms with Gasteiger partial charge >= 0.3 is 11.6 Å². The zero-order valence-corrected chi connectivity index (χ0v) is 20.5. The number of rotatable bonds is 10. The maximum absolute atomic E-state index is 12.8. The molecule has 2 unspecified atom stereocenters. The summed E-state index contributed by atoms with van der Waals surface area (Å²) in [5.41, 5.74) is 3.07. The van der Waals surface area contributed by atoms with E-state index in [4.69, 9.17) is 9.15 Å². The minimum Gasteiger partial charge on any atom is -0.480 e. The number of aliphatic carboxylic acids is 1. The van der Waals surface area contributed by atoms with Crippen molar-refractivity contribution in [3.05, 3.63) is 75.1 Å². The number of ether oxygens (including phenoxy) is 1. The van der Waals surface area contributed by atoms with Gasteiger partial charge < -0.3 is 19.6 Å². The number of hydrogen-bond donors (Lipinski definition) is 2. The van der Waals surface area contributed by atoms with Crippen molar-refractivity contribution in [1.29, 1.82) is 0 Å². The number of thioether (sulfide) groups is 1. The summed E-state index contributed by atoms with van der Waals surface area (Å²) >= 11 is 1.51. The van der Waals surface area contributed by atoms with Gasteiger partial charge in [-0.2, -0.15) is 11.8 Å². The molecule has 8 heteroatoms. The zero-order valence-electron chi connectivity index (χ0n) is 19.7. The molecule has 0 bridgehead atoms. The van der Waals surface area contributed by atoms with Crippen LogP contribution in [0.5, 0.6) is 5.75 Å². The van der Waals surface area contributed by atoms with Crippen LogP contribution < -0.4 is 15.7 Å². The van der Waals surface area contributed by atoms with Gasteiger partial charge in [0.1, 0.15) is 17.4 Å². The van der Waals surface area contributed by atoms with Crippen LogP contribution in [0.25, 0.3) is 11.0 Å². The summed E-state index contributed by atoms with van der Waals surface area (Å²) in [7, 11) is 0. The molecule has 34 heavy (non-hydrogen) atoms. The SMILES string of the molecule is CSCCC(NC(=O)C(C)Oc1ccc2c(C)c(Cc3ccccc3)c(=O)oc2c1C)C(=O)O. The molecule has 0 radical (unpaired) electrons. The van der Waals surface area contributed by atoms with E-state index in [1.54, 1.807) is 19.9 Å². The van der Waals surface area contributed by atoms with Crippen molar-refractivity contribution in [2.24, 2.45) is 0 Å². The number of carboxylic acid groups (broad SMARTS) is 1. The molecule has 0 saturated carbocycles. The van der Waals surface area contributed by atoms with Crippen molar-refractivity contribution in [1.82, 2.24) is 5.32 Å². The first-order valence-electron chi connectivity index (χ1n) is 11.0. The highest BCUT2D eigenvalue weighted by molar-refractivity contribution is 7.98. The molecule has 1 amide bonds. The van der Waals surface area contributed by atoms with E-state index in [1.807, 2.05) is 49.6 Å². The van der Waals surface area contributed by atoms with Crippen LogP contribution in [0.15, 0.2) is 51.7 Å². The van der Waals surface area contributed by atoms with E-state index in [9.17, 15) is 19.5 Å². The van der Waals surface area contributed by atoms with Crippen molar-refractivity contribution in [3.63, 3.8) is 0 Å². The van der Waals surface area contributed by atoms with Crippen LogP contribution in [0.4, 0.5) is 0 Å². The lowest BCUT2D eigenvalue weighted by Gasteiger charge is -2.20. The summed E-state index contributed by atoms with van der Waals surface area (Å²) in [4.78, 5) is 36.8. The number of amides is 1. The number of hydrogen-bond acceptors (Lipinski definition) is 6. The first kappa shape index (κ1) is 25.4. The monoisotopic (exact) mass is 483 g/mol. The van der Waals surface area contributed by atoms with Crippen LogP contribution >= 0.6 is 11.8 Å². The van der Waals surface area contributed by atoms with E-state index in [1.165, 1.54) is 11.8 Å². The van der Waals surface area contributed by atoms with E-state index in [0.29, 0.717) is 41.1 Å². The molecule has 0 aliphatic heterocycles. The summed E-state index contributed by atoms with van der Waals surface area (Å²) in [6, 6.07) is 12.3. The summed E-state index contributed by atoms with van der Waals surface area (Å²) < 4.78 is 11.5. The van der Waals surface area contributed by atoms with Gasteiger partial charge in [0.25, 0.3) is 5.91 Å². The van der Waals surface area contributed by atoms with Crippen molar-refractivity contribution < 1.29 is 23.8 Å². The Balaban J connectivity index is 1.83. The van der Waals surface area contributed by atoms with Crippen LogP contribution in [0, 0.1) is 13.8 Å². The third-order valence-corrected chi connectivity index (χ3v) is 6.42. The Morgan fingerprint density at radius 3 is 2.47 bits per heavy atom. The second kappa shape index (κ2) is 11.2. The van der Waals surface area contributed by atoms with Gasteiger partial charge in [0.05, 0.1) is 0 Å². The number of benzene rings is 2. The van der Waals surface area contributed by atoms with Crippen molar-refractivity contribution in [2.45, 2.75) is 45.8 Å². The molecule has 3 rings (SSSR count). The average molecular weight is 484 g/mol. The number of aryl methyl sites for hydroxylation is 2. The molecule has 0 aliphatic rings. The van der Waals surface area contributed by atoms with Crippen LogP contribution in [-0.4, -0.2) is 41.1 Å². The van der Waals surface area contributed by atoms with Crippen LogP contribution in [0.1, 0.15) is 35.6 Å². The molecule has 180 valence electrons. The fourth-order valence-corrected chi connectivity index (χ4v) is 4.20. The molecule has 1 heterocycles. The Kier molecular flexibility index (Phi) is 8.39. The maximum Gasteiger partial charge on any atom is 0.340 e. The molecule has 2 atom stereocenters. The minimum absolute atomic E-state index is 0.319. The van der Waals surface area contributed by atoms with Gasteiger partial charge in [-0.1, -0.05) is 30.3 Å². The van der Waals surface area contributed by atoms with Crippen LogP contribution in [0.3, 0.4) is 0 Å². The molecule has 0 aliphatic carbocycles. The molecule has 0 spiro atoms. The Hall–Kier alpha value is -3.26. The van der Waals surface area contributed by atoms with Gasteiger partial charge in [0.2, 0.25) is 0 Å². The molecular formula is C26H29NO6S. The van der Waals surface area contributed by atoms with Gasteiger partial charge in [-0.05, 0) is 62.5 Å². The smallest absolute Gasteiger partial charge is 0.340 e. The Labute approximate surface area is 202 Å². The van der Waals surface area contributed by atoms with Crippen LogP contribution in [-0.2, 0) is 16.0 Å². The summed E-state index contributed by atoms with van der Waals surface area (Å²) in [6.45, 7) is 5.21. The molecular weight excluding hydrogens is 454 g/mol. The molecule has 2 N–H and O–H groups in total. The van der Waals surface area contributed by atoms with Gasteiger partial charge in [-0.15, -0.1) is 0 Å². The van der Waals surface area contributed by atoms with Gasteiger partial charge in [-0.3, -0.25) is 4.79 Å². The summed E-state index contributed by atoms with van der Waals surface area (Å²) in [5.74, 6) is -0.602. The molecule has 7 nitrogen and oxygen atoms in total. The summed E-state index contributed by atoms with van der Waals surface area (Å²) in [6.07, 6.45) is 1.73. The minimum atomic E-state index is -1.08. The topological polar surface area (TPSA) is 106 Å². The Morgan fingerprint density at radius 1 is 1.12 bits per heavy atom. The van der Waals surface area contributed by atoms with E-state index in [0.717, 1.165) is 16.5 Å². The number of fused-ring (bicyclic) bond motifs is 1. The van der Waals surface area contributed by atoms with E-state index in [2.05, 4.69) is 5.32 Å². The van der Waals surface area contributed by atoms with Gasteiger partial charge in [0.15, 0.2) is 6.10 Å². The molecule has 1 aromatic heterocycles. The fraction of sp³-hybridized carbons (Fsp3) is 0.346. The fourth-order valence-electron chi connectivity index (χ4n) is 3.73. The largest absolute Gasteiger partial charge is 0.480 e. The highest BCUT2D eigenvalue weighted by atomic mass is 32.2. The highest BCUT2D eigenvalue weighted by Gasteiger charge is 2.24. The number of carboxylic acids is 1. The molecule has 2 aromatic carbocycles. The molecule has 0 fully saturated rings. The van der Waals surface area contributed by atoms with Crippen molar-refractivity contribution >= 4 is 34.6 Å². The second-order valence-corrected chi connectivity index (χ2v) is 9.15. The van der Waals surface area contributed by atoms with Gasteiger partial charge in [-0.25, -0.2) is 9.59 Å². The lowest BCUT2D eigenvalue weighted by molar-refractivity contribution is -0.142. The predicted molar refractivity (Wildman–Crippen MR) is 134 cm³/mol. The summed E-state index contributed by atoms with van der Waals surface area (Å²) in [5, 5.41) is 12.7. The number of carbonyl (C=O) groups is 2. The van der Waals surface area contributed by atoms with Gasteiger partial charge in [0, 0.05) is 22.9 Å². The third-order valence-electron chi connectivity index (χ3n) is 5.78. The van der Waals surface area contributed by atoms with E-state index in [-0.39, 0.29) is 0 Å². The van der Waals surface area contributed by atoms with Crippen molar-refractivity contribution in [3.8, 4) is 5.75 Å². The number of carbonyl (C=O) groups excluding carboxylic acids is 1. The lowest BCUT2D eigenvalue weighted by atomic mass is 9.98. The third kappa shape index (κ3) is 5.80. The normalized spacial score (nSPS) is 12.8. The van der Waals surface area contributed by atoms with E-state index < -0.39 is 29.6 Å². The van der Waals surface area contributed by atoms with E-state index >= 15 is 0 Å². The highest BCUT2D eigenvalue weighted by Crippen LogP contribution is 2.30. The Morgan fingerprint density at radius 2 is 1.82 bits per heavy atom. The standard InChI is InChI=1S/C26H29NO6S/c1-15-19-10-11-22(32-17(3)24(28)27-21(25(29)30)12-13-34-4)16(2)23(19)33-26(31)20(15)14-18-8-6-5-7-9-18/h5-11,17,21H,12-14H2,1-4H3,(H,27,28)(H,29,30). The van der Waals surface area contributed by atoms with Crippen molar-refractivity contribution in [2.75, 3.05) is 12.0 Å². The second-order valence-electron chi connectivity index (χ2n) is 8.16. The quantitative estimate of drug-likeness (QED) is 0.418. The average Bonchev–Trinajstić information content (AvgIpc) is 2.81. The zero-order chi connectivity index (χ0) is 24.8. The molecule has 3 aromatic rings. The first-order chi connectivity index (χ1) is 16.2. The molecule has 0 saturated heterocycles.